The van der Waals surface area contributed by atoms with Crippen LogP contribution < -0.4 is 10.6 Å². The van der Waals surface area contributed by atoms with E-state index in [2.05, 4.69) is 43.3 Å². The average molecular weight is 572 g/mol. The Balaban J connectivity index is 1.23. The van der Waals surface area contributed by atoms with E-state index in [0.717, 1.165) is 36.9 Å². The molecule has 2 fully saturated rings. The number of hydrogen-bond acceptors (Lipinski definition) is 8. The number of nitrogens with one attached hydrogen (secondary N) is 2. The quantitative estimate of drug-likeness (QED) is 0.271. The van der Waals surface area contributed by atoms with Gasteiger partial charge in [-0.3, -0.25) is 9.78 Å². The van der Waals surface area contributed by atoms with Crippen LogP contribution in [0.15, 0.2) is 42.9 Å². The zero-order valence-electron chi connectivity index (χ0n) is 23.7. The molecule has 4 aromatic rings. The summed E-state index contributed by atoms with van der Waals surface area (Å²) in [5, 5.41) is 38.5. The standard InChI is InChI=1S/C30H34FN9O2/c1-30(2,42)28(31)16-34-29(41)23-15-33-25(27-10-9-22-11-18(13-32)14-35-40(22)27)12-24(23)36-20-5-7-21(8-6-20)39-17-26(37-38-39)19-3-4-19/h9-12,14-15,17,19-21,28,42H,3-8,16H2,1-2H3,(H,33,36)(H,34,41)/t20?,21?,28-/m1/s1. The third-order valence-electron chi connectivity index (χ3n) is 8.20. The van der Waals surface area contributed by atoms with Crippen molar-refractivity contribution in [1.82, 2.24) is 34.9 Å². The maximum Gasteiger partial charge on any atom is 0.255 e. The van der Waals surface area contributed by atoms with Gasteiger partial charge in [0.05, 0.1) is 63.8 Å². The summed E-state index contributed by atoms with van der Waals surface area (Å²) >= 11 is 0. The lowest BCUT2D eigenvalue weighted by molar-refractivity contribution is -0.00177. The van der Waals surface area contributed by atoms with Crippen LogP contribution in [-0.4, -0.2) is 65.0 Å². The number of nitriles is 1. The first-order valence-corrected chi connectivity index (χ1v) is 14.4. The first-order chi connectivity index (χ1) is 20.2. The molecular weight excluding hydrogens is 537 g/mol. The molecule has 0 aliphatic heterocycles. The third kappa shape index (κ3) is 5.83. The summed E-state index contributed by atoms with van der Waals surface area (Å²) in [4.78, 5) is 17.8. The minimum absolute atomic E-state index is 0.111. The first-order valence-electron chi connectivity index (χ1n) is 14.4. The van der Waals surface area contributed by atoms with E-state index in [9.17, 15) is 19.6 Å². The van der Waals surface area contributed by atoms with Crippen LogP contribution in [0.25, 0.3) is 16.9 Å². The fraction of sp³-hybridized carbons (Fsp3) is 0.467. The molecule has 0 bridgehead atoms. The van der Waals surface area contributed by atoms with Crippen LogP contribution in [-0.2, 0) is 0 Å². The molecule has 12 heteroatoms. The number of pyridine rings is 1. The molecule has 2 saturated carbocycles. The van der Waals surface area contributed by atoms with Crippen LogP contribution in [0.3, 0.4) is 0 Å². The number of anilines is 1. The molecule has 218 valence electrons. The molecule has 3 N–H and O–H groups in total. The number of nitrogens with zero attached hydrogens (tertiary/aromatic N) is 7. The van der Waals surface area contributed by atoms with Crippen molar-refractivity contribution >= 4 is 17.1 Å². The van der Waals surface area contributed by atoms with Crippen molar-refractivity contribution in [3.8, 4) is 17.5 Å². The van der Waals surface area contributed by atoms with Crippen LogP contribution in [0.2, 0.25) is 0 Å². The molecule has 0 aromatic carbocycles. The van der Waals surface area contributed by atoms with E-state index in [1.165, 1.54) is 39.1 Å². The predicted octanol–water partition coefficient (Wildman–Crippen LogP) is 4.17. The highest BCUT2D eigenvalue weighted by molar-refractivity contribution is 6.00. The minimum Gasteiger partial charge on any atom is -0.387 e. The average Bonchev–Trinajstić information content (AvgIpc) is 3.56. The Labute approximate surface area is 242 Å². The smallest absolute Gasteiger partial charge is 0.255 e. The van der Waals surface area contributed by atoms with Gasteiger partial charge in [-0.1, -0.05) is 5.21 Å². The minimum atomic E-state index is -1.63. The fourth-order valence-corrected chi connectivity index (χ4v) is 5.42. The molecule has 4 heterocycles. The van der Waals surface area contributed by atoms with E-state index in [-0.39, 0.29) is 18.2 Å². The number of rotatable bonds is 9. The van der Waals surface area contributed by atoms with Gasteiger partial charge in [-0.05, 0) is 76.6 Å². The van der Waals surface area contributed by atoms with Crippen molar-refractivity contribution < 1.29 is 14.3 Å². The Kier molecular flexibility index (Phi) is 7.36. The number of carbonyl (C=O) groups is 1. The summed E-state index contributed by atoms with van der Waals surface area (Å²) in [5.74, 6) is 0.0869. The summed E-state index contributed by atoms with van der Waals surface area (Å²) in [5.41, 5.74) is 2.89. The topological polar surface area (TPSA) is 146 Å². The van der Waals surface area contributed by atoms with Crippen molar-refractivity contribution in [3.05, 3.63) is 59.7 Å². The third-order valence-corrected chi connectivity index (χ3v) is 8.20. The van der Waals surface area contributed by atoms with E-state index >= 15 is 0 Å². The molecule has 1 amide bonds. The van der Waals surface area contributed by atoms with Crippen LogP contribution in [0.4, 0.5) is 10.1 Å². The Morgan fingerprint density at radius 1 is 1.19 bits per heavy atom. The van der Waals surface area contributed by atoms with E-state index in [0.29, 0.717) is 34.6 Å². The SMILES string of the molecule is CC(C)(O)[C@H](F)CNC(=O)c1cnc(-c2ccc3cc(C#N)cnn23)cc1NC1CCC(n2cc(C3CC3)nn2)CC1. The van der Waals surface area contributed by atoms with Crippen LogP contribution in [0.1, 0.15) is 85.9 Å². The number of aromatic nitrogens is 6. The van der Waals surface area contributed by atoms with Crippen molar-refractivity contribution in [2.24, 2.45) is 0 Å². The van der Waals surface area contributed by atoms with Gasteiger partial charge in [-0.2, -0.15) is 10.4 Å². The molecule has 1 atom stereocenters. The molecule has 2 aliphatic rings. The Morgan fingerprint density at radius 3 is 2.69 bits per heavy atom. The lowest BCUT2D eigenvalue weighted by Gasteiger charge is -2.30. The van der Waals surface area contributed by atoms with Gasteiger partial charge in [0.15, 0.2) is 0 Å². The monoisotopic (exact) mass is 571 g/mol. The predicted molar refractivity (Wildman–Crippen MR) is 154 cm³/mol. The van der Waals surface area contributed by atoms with Gasteiger partial charge in [0.2, 0.25) is 0 Å². The number of hydrogen-bond donors (Lipinski definition) is 3. The first kappa shape index (κ1) is 27.8. The molecule has 0 saturated heterocycles. The summed E-state index contributed by atoms with van der Waals surface area (Å²) in [7, 11) is 0. The zero-order valence-corrected chi connectivity index (χ0v) is 23.7. The highest BCUT2D eigenvalue weighted by atomic mass is 19.1. The van der Waals surface area contributed by atoms with E-state index in [4.69, 9.17) is 0 Å². The van der Waals surface area contributed by atoms with Crippen molar-refractivity contribution in [2.75, 3.05) is 11.9 Å². The van der Waals surface area contributed by atoms with Gasteiger partial charge in [-0.25, -0.2) is 13.6 Å². The highest BCUT2D eigenvalue weighted by Gasteiger charge is 2.30. The largest absolute Gasteiger partial charge is 0.387 e. The summed E-state index contributed by atoms with van der Waals surface area (Å²) in [6.45, 7) is 2.40. The van der Waals surface area contributed by atoms with Gasteiger partial charge in [-0.15, -0.1) is 5.10 Å². The normalized spacial score (nSPS) is 19.8. The van der Waals surface area contributed by atoms with E-state index < -0.39 is 17.7 Å². The second-order valence-electron chi connectivity index (χ2n) is 11.9. The summed E-state index contributed by atoms with van der Waals surface area (Å²) in [6.07, 6.45) is 9.42. The molecular formula is C30H34FN9O2. The lowest BCUT2D eigenvalue weighted by Crippen LogP contribution is -2.42. The van der Waals surface area contributed by atoms with Gasteiger partial charge < -0.3 is 15.7 Å². The second-order valence-corrected chi connectivity index (χ2v) is 11.9. The van der Waals surface area contributed by atoms with Crippen molar-refractivity contribution in [2.45, 2.75) is 82.1 Å². The lowest BCUT2D eigenvalue weighted by atomic mass is 9.91. The van der Waals surface area contributed by atoms with Crippen LogP contribution >= 0.6 is 0 Å². The van der Waals surface area contributed by atoms with Gasteiger partial charge in [0.1, 0.15) is 12.2 Å². The Morgan fingerprint density at radius 2 is 1.98 bits per heavy atom. The fourth-order valence-electron chi connectivity index (χ4n) is 5.42. The van der Waals surface area contributed by atoms with Crippen molar-refractivity contribution in [1.29, 1.82) is 5.26 Å². The molecule has 0 unspecified atom stereocenters. The highest BCUT2D eigenvalue weighted by Crippen LogP contribution is 2.39. The second kappa shape index (κ2) is 11.1. The molecule has 6 rings (SSSR count). The number of aliphatic hydroxyl groups is 1. The van der Waals surface area contributed by atoms with Crippen LogP contribution in [0.5, 0.6) is 0 Å². The number of halogens is 1. The molecule has 0 radical (unpaired) electrons. The Hall–Kier alpha value is -4.37. The molecule has 2 aliphatic carbocycles. The number of carbonyl (C=O) groups excluding carboxylic acids is 1. The number of amides is 1. The van der Waals surface area contributed by atoms with Gasteiger partial charge in [0.25, 0.3) is 5.91 Å². The van der Waals surface area contributed by atoms with Gasteiger partial charge >= 0.3 is 0 Å². The number of fused-ring (bicyclic) bond motifs is 1. The van der Waals surface area contributed by atoms with E-state index in [1.54, 1.807) is 10.6 Å². The summed E-state index contributed by atoms with van der Waals surface area (Å²) in [6, 6.07) is 9.78. The number of alkyl halides is 1. The summed E-state index contributed by atoms with van der Waals surface area (Å²) < 4.78 is 18.1. The zero-order chi connectivity index (χ0) is 29.4. The Bertz CT molecular complexity index is 1640. The molecule has 0 spiro atoms. The molecule has 42 heavy (non-hydrogen) atoms. The van der Waals surface area contributed by atoms with Crippen LogP contribution in [0, 0.1) is 11.3 Å². The van der Waals surface area contributed by atoms with Crippen molar-refractivity contribution in [3.63, 3.8) is 0 Å². The van der Waals surface area contributed by atoms with Gasteiger partial charge in [0, 0.05) is 24.4 Å². The maximum atomic E-state index is 14.4. The molecule has 11 nitrogen and oxygen atoms in total. The van der Waals surface area contributed by atoms with E-state index in [1.807, 2.05) is 22.9 Å². The maximum absolute atomic E-state index is 14.4. The molecule has 4 aromatic heterocycles.